The van der Waals surface area contributed by atoms with E-state index in [1.807, 2.05) is 39.8 Å². The quantitative estimate of drug-likeness (QED) is 0.879. The minimum Gasteiger partial charge on any atom is -0.478 e. The minimum atomic E-state index is -0.744. The first-order chi connectivity index (χ1) is 10.9. The Hall–Kier alpha value is -2.36. The van der Waals surface area contributed by atoms with Crippen molar-refractivity contribution in [3.05, 3.63) is 58.9 Å². The molecule has 1 atom stereocenters. The van der Waals surface area contributed by atoms with Gasteiger partial charge in [0.15, 0.2) is 17.7 Å². The van der Waals surface area contributed by atoms with Crippen molar-refractivity contribution in [3.8, 4) is 5.75 Å². The average Bonchev–Trinajstić information content (AvgIpc) is 2.49. The Morgan fingerprint density at radius 1 is 1.17 bits per heavy atom. The number of para-hydroxylation sites is 1. The zero-order valence-corrected chi connectivity index (χ0v) is 13.9. The molecule has 0 radical (unpaired) electrons. The van der Waals surface area contributed by atoms with E-state index in [9.17, 15) is 9.18 Å². The van der Waals surface area contributed by atoms with Gasteiger partial charge in [0.2, 0.25) is 0 Å². The first-order valence-corrected chi connectivity index (χ1v) is 7.72. The van der Waals surface area contributed by atoms with Crippen molar-refractivity contribution in [2.75, 3.05) is 5.32 Å². The first-order valence-electron chi connectivity index (χ1n) is 7.72. The van der Waals surface area contributed by atoms with Crippen molar-refractivity contribution in [1.82, 2.24) is 0 Å². The highest BCUT2D eigenvalue weighted by molar-refractivity contribution is 5.95. The Labute approximate surface area is 136 Å². The Morgan fingerprint density at radius 2 is 1.78 bits per heavy atom. The van der Waals surface area contributed by atoms with Crippen LogP contribution in [0.15, 0.2) is 36.4 Å². The molecule has 0 aromatic heterocycles. The highest BCUT2D eigenvalue weighted by Gasteiger charge is 2.21. The summed E-state index contributed by atoms with van der Waals surface area (Å²) in [5.74, 6) is -0.654. The maximum atomic E-state index is 13.7. The van der Waals surface area contributed by atoms with Gasteiger partial charge in [0.05, 0.1) is 0 Å². The van der Waals surface area contributed by atoms with Crippen molar-refractivity contribution in [3.63, 3.8) is 0 Å². The van der Waals surface area contributed by atoms with Gasteiger partial charge in [-0.1, -0.05) is 36.8 Å². The first kappa shape index (κ1) is 17.0. The van der Waals surface area contributed by atoms with E-state index in [0.29, 0.717) is 6.42 Å². The number of ether oxygens (including phenoxy) is 1. The van der Waals surface area contributed by atoms with Gasteiger partial charge in [-0.2, -0.15) is 0 Å². The molecule has 1 unspecified atom stereocenters. The van der Waals surface area contributed by atoms with E-state index in [2.05, 4.69) is 5.32 Å². The minimum absolute atomic E-state index is 0.0897. The summed E-state index contributed by atoms with van der Waals surface area (Å²) in [5, 5.41) is 2.91. The van der Waals surface area contributed by atoms with Crippen molar-refractivity contribution in [1.29, 1.82) is 0 Å². The third-order valence-corrected chi connectivity index (χ3v) is 3.69. The fraction of sp³-hybridized carbons (Fsp3) is 0.316. The predicted octanol–water partition coefficient (Wildman–Crippen LogP) is 4.55. The zero-order valence-electron chi connectivity index (χ0n) is 13.9. The lowest BCUT2D eigenvalue weighted by atomic mass is 10.0. The molecule has 0 saturated carbocycles. The second kappa shape index (κ2) is 7.27. The normalized spacial score (nSPS) is 11.9. The second-order valence-corrected chi connectivity index (χ2v) is 5.71. The summed E-state index contributed by atoms with van der Waals surface area (Å²) in [7, 11) is 0. The molecule has 0 heterocycles. The maximum Gasteiger partial charge on any atom is 0.265 e. The van der Waals surface area contributed by atoms with Crippen LogP contribution in [0.2, 0.25) is 0 Å². The molecule has 3 nitrogen and oxygen atoms in total. The van der Waals surface area contributed by atoms with Crippen LogP contribution in [0.4, 0.5) is 10.1 Å². The number of amides is 1. The summed E-state index contributed by atoms with van der Waals surface area (Å²) in [4.78, 5) is 12.5. The van der Waals surface area contributed by atoms with Crippen LogP contribution < -0.4 is 10.1 Å². The molecular formula is C19H22FNO2. The van der Waals surface area contributed by atoms with E-state index >= 15 is 0 Å². The number of halogens is 1. The van der Waals surface area contributed by atoms with Gasteiger partial charge in [0.25, 0.3) is 5.91 Å². The molecule has 1 amide bonds. The van der Waals surface area contributed by atoms with Crippen LogP contribution in [-0.4, -0.2) is 12.0 Å². The molecule has 0 aliphatic heterocycles. The molecule has 2 aromatic rings. The molecule has 2 aromatic carbocycles. The zero-order chi connectivity index (χ0) is 17.0. The number of anilines is 1. The fourth-order valence-corrected chi connectivity index (χ4v) is 2.60. The van der Waals surface area contributed by atoms with Gasteiger partial charge in [-0.05, 0) is 50.5 Å². The summed E-state index contributed by atoms with van der Waals surface area (Å²) in [6.07, 6.45) is -0.295. The van der Waals surface area contributed by atoms with Crippen LogP contribution in [0.5, 0.6) is 5.75 Å². The summed E-state index contributed by atoms with van der Waals surface area (Å²) >= 11 is 0. The van der Waals surface area contributed by atoms with Crippen LogP contribution >= 0.6 is 0 Å². The van der Waals surface area contributed by atoms with Gasteiger partial charge in [-0.15, -0.1) is 0 Å². The van der Waals surface area contributed by atoms with E-state index in [0.717, 1.165) is 22.4 Å². The van der Waals surface area contributed by atoms with E-state index in [4.69, 9.17) is 4.74 Å². The van der Waals surface area contributed by atoms with E-state index < -0.39 is 11.9 Å². The number of hydrogen-bond donors (Lipinski definition) is 1. The van der Waals surface area contributed by atoms with E-state index in [1.54, 1.807) is 12.1 Å². The molecule has 0 saturated heterocycles. The van der Waals surface area contributed by atoms with Gasteiger partial charge in [-0.25, -0.2) is 4.39 Å². The highest BCUT2D eigenvalue weighted by atomic mass is 19.1. The Morgan fingerprint density at radius 3 is 2.35 bits per heavy atom. The van der Waals surface area contributed by atoms with Gasteiger partial charge >= 0.3 is 0 Å². The summed E-state index contributed by atoms with van der Waals surface area (Å²) in [6, 6.07) is 10.1. The number of rotatable bonds is 5. The highest BCUT2D eigenvalue weighted by Crippen LogP contribution is 2.23. The second-order valence-electron chi connectivity index (χ2n) is 5.71. The number of hydrogen-bond acceptors (Lipinski definition) is 2. The monoisotopic (exact) mass is 315 g/mol. The van der Waals surface area contributed by atoms with Crippen molar-refractivity contribution >= 4 is 11.6 Å². The van der Waals surface area contributed by atoms with Gasteiger partial charge in [0, 0.05) is 5.69 Å². The number of nitrogens with one attached hydrogen (secondary N) is 1. The molecule has 1 N–H and O–H groups in total. The number of carbonyl (C=O) groups is 1. The predicted molar refractivity (Wildman–Crippen MR) is 90.4 cm³/mol. The molecule has 4 heteroatoms. The van der Waals surface area contributed by atoms with Crippen LogP contribution in [-0.2, 0) is 4.79 Å². The van der Waals surface area contributed by atoms with E-state index in [-0.39, 0.29) is 11.7 Å². The van der Waals surface area contributed by atoms with Crippen LogP contribution in [0.25, 0.3) is 0 Å². The lowest BCUT2D eigenvalue weighted by molar-refractivity contribution is -0.122. The Kier molecular flexibility index (Phi) is 5.37. The summed E-state index contributed by atoms with van der Waals surface area (Å²) in [5.41, 5.74) is 3.93. The number of aryl methyl sites for hydroxylation is 3. The third-order valence-electron chi connectivity index (χ3n) is 3.69. The molecule has 0 fully saturated rings. The fourth-order valence-electron chi connectivity index (χ4n) is 2.60. The van der Waals surface area contributed by atoms with Crippen molar-refractivity contribution < 1.29 is 13.9 Å². The smallest absolute Gasteiger partial charge is 0.265 e. The average molecular weight is 315 g/mol. The molecule has 0 aliphatic rings. The Bertz CT molecular complexity index is 689. The lowest BCUT2D eigenvalue weighted by Gasteiger charge is -2.19. The van der Waals surface area contributed by atoms with Crippen molar-refractivity contribution in [2.45, 2.75) is 40.2 Å². The molecule has 23 heavy (non-hydrogen) atoms. The summed E-state index contributed by atoms with van der Waals surface area (Å²) in [6.45, 7) is 7.75. The molecule has 0 bridgehead atoms. The summed E-state index contributed by atoms with van der Waals surface area (Å²) < 4.78 is 19.2. The Balaban J connectivity index is 2.17. The molecule has 0 aliphatic carbocycles. The van der Waals surface area contributed by atoms with Crippen LogP contribution in [0.1, 0.15) is 30.0 Å². The largest absolute Gasteiger partial charge is 0.478 e. The lowest BCUT2D eigenvalue weighted by Crippen LogP contribution is -2.33. The molecule has 0 spiro atoms. The van der Waals surface area contributed by atoms with Crippen molar-refractivity contribution in [2.24, 2.45) is 0 Å². The van der Waals surface area contributed by atoms with Gasteiger partial charge in [-0.3, -0.25) is 4.79 Å². The van der Waals surface area contributed by atoms with Gasteiger partial charge < -0.3 is 10.1 Å². The van der Waals surface area contributed by atoms with E-state index in [1.165, 1.54) is 12.1 Å². The maximum absolute atomic E-state index is 13.7. The molecule has 2 rings (SSSR count). The topological polar surface area (TPSA) is 38.3 Å². The van der Waals surface area contributed by atoms with Gasteiger partial charge in [0.1, 0.15) is 0 Å². The number of benzene rings is 2. The molecular weight excluding hydrogens is 293 g/mol. The third kappa shape index (κ3) is 4.09. The SMILES string of the molecule is CCC(Oc1ccccc1F)C(=O)Nc1c(C)cc(C)cc1C. The molecule has 122 valence electrons. The standard InChI is InChI=1S/C19H22FNO2/c1-5-16(23-17-9-7-6-8-15(17)20)19(22)21-18-13(3)10-12(2)11-14(18)4/h6-11,16H,5H2,1-4H3,(H,21,22). The van der Waals surface area contributed by atoms with Crippen LogP contribution in [0.3, 0.4) is 0 Å². The van der Waals surface area contributed by atoms with Crippen LogP contribution in [0, 0.1) is 26.6 Å². The number of carbonyl (C=O) groups excluding carboxylic acids is 1.